The molecule has 2 heterocycles. The fraction of sp³-hybridized carbons (Fsp3) is 0.773. The Morgan fingerprint density at radius 3 is 2.38 bits per heavy atom. The van der Waals surface area contributed by atoms with Crippen molar-refractivity contribution < 1.29 is 32.4 Å². The number of ketones is 1. The molecule has 1 saturated carbocycles. The lowest BCUT2D eigenvalue weighted by atomic mass is 9.98. The number of Topliss-reactive ketones (excluding diaryl/α,β-unsaturated/α-hetero) is 1. The quantitative estimate of drug-likeness (QED) is 0.461. The smallest absolute Gasteiger partial charge is 0.318 e. The maximum absolute atomic E-state index is 14.6. The summed E-state index contributed by atoms with van der Waals surface area (Å²) in [7, 11) is 0. The average molecular weight is 486 g/mol. The summed E-state index contributed by atoms with van der Waals surface area (Å²) >= 11 is 0. The van der Waals surface area contributed by atoms with Gasteiger partial charge in [-0.1, -0.05) is 25.9 Å². The second-order valence-electron chi connectivity index (χ2n) is 9.33. The molecule has 0 bridgehead atoms. The molecule has 3 amide bonds. The summed E-state index contributed by atoms with van der Waals surface area (Å²) in [6.07, 6.45) is 0.709. The van der Waals surface area contributed by atoms with E-state index in [-0.39, 0.29) is 24.1 Å². The molecule has 34 heavy (non-hydrogen) atoms. The molecule has 2 fully saturated rings. The van der Waals surface area contributed by atoms with Crippen molar-refractivity contribution in [3.8, 4) is 0 Å². The van der Waals surface area contributed by atoms with Gasteiger partial charge in [-0.25, -0.2) is 13.6 Å². The lowest BCUT2D eigenvalue weighted by Crippen LogP contribution is -2.56. The van der Waals surface area contributed by atoms with Gasteiger partial charge in [0.15, 0.2) is 5.82 Å². The number of carbonyl (C=O) groups is 3. The largest absolute Gasteiger partial charge is 0.378 e. The van der Waals surface area contributed by atoms with Gasteiger partial charge in [0.1, 0.15) is 6.04 Å². The number of aromatic nitrogens is 2. The van der Waals surface area contributed by atoms with Crippen LogP contribution in [-0.4, -0.2) is 77.1 Å². The van der Waals surface area contributed by atoms with Crippen LogP contribution in [0.5, 0.6) is 0 Å². The Hall–Kier alpha value is -2.63. The van der Waals surface area contributed by atoms with Crippen molar-refractivity contribution in [3.05, 3.63) is 11.7 Å². The molecular weight excluding hydrogens is 452 g/mol. The van der Waals surface area contributed by atoms with Gasteiger partial charge in [-0.05, 0) is 25.2 Å². The van der Waals surface area contributed by atoms with E-state index in [0.29, 0.717) is 32.1 Å². The van der Waals surface area contributed by atoms with Crippen LogP contribution in [0.1, 0.15) is 75.3 Å². The maximum atomic E-state index is 14.6. The lowest BCUT2D eigenvalue weighted by Gasteiger charge is -2.31. The Labute approximate surface area is 197 Å². The van der Waals surface area contributed by atoms with E-state index in [1.165, 1.54) is 4.90 Å². The van der Waals surface area contributed by atoms with Crippen LogP contribution in [0.2, 0.25) is 0 Å². The van der Waals surface area contributed by atoms with E-state index >= 15 is 0 Å². The highest BCUT2D eigenvalue weighted by atomic mass is 19.3. The number of halogens is 2. The fourth-order valence-corrected chi connectivity index (χ4v) is 3.81. The van der Waals surface area contributed by atoms with Crippen molar-refractivity contribution in [1.29, 1.82) is 0 Å². The molecule has 1 aliphatic heterocycles. The minimum Gasteiger partial charge on any atom is -0.378 e. The Kier molecular flexibility index (Phi) is 8.56. The molecule has 1 aromatic rings. The Balaban J connectivity index is 1.70. The molecule has 3 rings (SSSR count). The highest BCUT2D eigenvalue weighted by molar-refractivity contribution is 5.99. The number of nitrogens with one attached hydrogen (secondary N) is 2. The normalized spacial score (nSPS) is 18.5. The summed E-state index contributed by atoms with van der Waals surface area (Å²) in [4.78, 5) is 44.0. The van der Waals surface area contributed by atoms with Crippen LogP contribution in [0.25, 0.3) is 0 Å². The molecule has 12 heteroatoms. The molecule has 2 atom stereocenters. The minimum absolute atomic E-state index is 0.179. The summed E-state index contributed by atoms with van der Waals surface area (Å²) in [5.41, 5.74) is 0. The second-order valence-corrected chi connectivity index (χ2v) is 9.33. The molecule has 1 aromatic heterocycles. The summed E-state index contributed by atoms with van der Waals surface area (Å²) in [5, 5.41) is 8.73. The zero-order chi connectivity index (χ0) is 24.9. The van der Waals surface area contributed by atoms with Gasteiger partial charge < -0.3 is 24.8 Å². The summed E-state index contributed by atoms with van der Waals surface area (Å²) in [6, 6.07) is -3.22. The zero-order valence-corrected chi connectivity index (χ0v) is 19.8. The average Bonchev–Trinajstić information content (AvgIpc) is 3.52. The third-order valence-corrected chi connectivity index (χ3v) is 5.76. The van der Waals surface area contributed by atoms with Gasteiger partial charge in [-0.15, -0.1) is 0 Å². The van der Waals surface area contributed by atoms with E-state index < -0.39 is 48.6 Å². The Bertz CT molecular complexity index is 868. The number of carbonyl (C=O) groups excluding carboxylic acids is 3. The lowest BCUT2D eigenvalue weighted by molar-refractivity contribution is -0.126. The van der Waals surface area contributed by atoms with E-state index in [0.717, 1.165) is 12.8 Å². The molecule has 0 spiro atoms. The molecule has 1 saturated heterocycles. The number of amides is 3. The number of urea groups is 1. The predicted octanol–water partition coefficient (Wildman–Crippen LogP) is 2.51. The van der Waals surface area contributed by atoms with Crippen LogP contribution in [0.15, 0.2) is 4.52 Å². The fourth-order valence-electron chi connectivity index (χ4n) is 3.81. The molecule has 0 radical (unpaired) electrons. The molecular formula is C22H33F2N5O5. The topological polar surface area (TPSA) is 127 Å². The Morgan fingerprint density at radius 2 is 1.79 bits per heavy atom. The van der Waals surface area contributed by atoms with Crippen molar-refractivity contribution in [2.45, 2.75) is 76.8 Å². The van der Waals surface area contributed by atoms with E-state index in [4.69, 9.17) is 9.26 Å². The van der Waals surface area contributed by atoms with E-state index in [9.17, 15) is 23.2 Å². The minimum atomic E-state index is -3.19. The monoisotopic (exact) mass is 485 g/mol. The van der Waals surface area contributed by atoms with E-state index in [1.54, 1.807) is 20.8 Å². The first-order valence-electron chi connectivity index (χ1n) is 11.8. The number of hydrogen-bond acceptors (Lipinski definition) is 7. The highest BCUT2D eigenvalue weighted by Crippen LogP contribution is 2.38. The molecule has 190 valence electrons. The van der Waals surface area contributed by atoms with Crippen molar-refractivity contribution in [3.63, 3.8) is 0 Å². The van der Waals surface area contributed by atoms with Gasteiger partial charge in [0.2, 0.25) is 11.7 Å². The van der Waals surface area contributed by atoms with Gasteiger partial charge in [0.25, 0.3) is 11.8 Å². The molecule has 10 nitrogen and oxygen atoms in total. The van der Waals surface area contributed by atoms with Crippen LogP contribution in [-0.2, 0) is 9.53 Å². The third kappa shape index (κ3) is 7.18. The predicted molar refractivity (Wildman–Crippen MR) is 117 cm³/mol. The van der Waals surface area contributed by atoms with Crippen LogP contribution >= 0.6 is 0 Å². The first-order valence-corrected chi connectivity index (χ1v) is 11.8. The van der Waals surface area contributed by atoms with Gasteiger partial charge in [0, 0.05) is 31.8 Å². The summed E-state index contributed by atoms with van der Waals surface area (Å²) in [6.45, 7) is 6.21. The zero-order valence-electron chi connectivity index (χ0n) is 19.8. The van der Waals surface area contributed by atoms with Gasteiger partial charge in [-0.3, -0.25) is 9.59 Å². The summed E-state index contributed by atoms with van der Waals surface area (Å²) < 4.78 is 39.5. The molecule has 2 aliphatic rings. The van der Waals surface area contributed by atoms with Gasteiger partial charge in [0.05, 0.1) is 19.3 Å². The van der Waals surface area contributed by atoms with Crippen molar-refractivity contribution in [1.82, 2.24) is 25.7 Å². The maximum Gasteiger partial charge on any atom is 0.318 e. The van der Waals surface area contributed by atoms with E-state index in [1.807, 2.05) is 0 Å². The van der Waals surface area contributed by atoms with Crippen LogP contribution < -0.4 is 10.6 Å². The molecule has 1 aliphatic carbocycles. The van der Waals surface area contributed by atoms with Crippen molar-refractivity contribution in [2.75, 3.05) is 26.3 Å². The van der Waals surface area contributed by atoms with Gasteiger partial charge >= 0.3 is 6.03 Å². The van der Waals surface area contributed by atoms with E-state index in [2.05, 4.69) is 20.8 Å². The number of rotatable bonds is 11. The number of ether oxygens (including phenoxy) is 1. The van der Waals surface area contributed by atoms with Gasteiger partial charge in [-0.2, -0.15) is 4.98 Å². The molecule has 0 aromatic carbocycles. The van der Waals surface area contributed by atoms with Crippen molar-refractivity contribution in [2.24, 2.45) is 5.92 Å². The standard InChI is InChI=1S/C22H33F2N5O5/c1-4-15(17(30)20-27-18(28-34-20)14-5-6-14)25-19(31)16(12-22(23,24)11-13(2)3)26-21(32)29-7-9-33-10-8-29/h13-16H,4-12H2,1-3H3,(H,25,31)(H,26,32). The summed E-state index contributed by atoms with van der Waals surface area (Å²) in [5.74, 6) is -4.55. The third-order valence-electron chi connectivity index (χ3n) is 5.76. The van der Waals surface area contributed by atoms with Crippen molar-refractivity contribution >= 4 is 17.7 Å². The number of alkyl halides is 2. The van der Waals surface area contributed by atoms with Crippen LogP contribution in [0.4, 0.5) is 13.6 Å². The molecule has 2 N–H and O–H groups in total. The number of nitrogens with zero attached hydrogens (tertiary/aromatic N) is 3. The van der Waals surface area contributed by atoms with Crippen LogP contribution in [0, 0.1) is 5.92 Å². The Morgan fingerprint density at radius 1 is 1.12 bits per heavy atom. The first kappa shape index (κ1) is 26.0. The number of hydrogen-bond donors (Lipinski definition) is 2. The van der Waals surface area contributed by atoms with Crippen LogP contribution in [0.3, 0.4) is 0 Å². The number of morpholine rings is 1. The first-order chi connectivity index (χ1) is 16.1. The SMILES string of the molecule is CCC(NC(=O)C(CC(F)(F)CC(C)C)NC(=O)N1CCOCC1)C(=O)c1nc(C2CC2)no1. The highest BCUT2D eigenvalue weighted by Gasteiger charge is 2.39. The molecule has 2 unspecified atom stereocenters. The second kappa shape index (κ2) is 11.2.